The molecule has 0 saturated heterocycles. The van der Waals surface area contributed by atoms with E-state index in [2.05, 4.69) is 5.32 Å². The number of nitro groups is 1. The second-order valence-corrected chi connectivity index (χ2v) is 8.74. The van der Waals surface area contributed by atoms with Crippen LogP contribution < -0.4 is 9.62 Å². The molecule has 168 valence electrons. The van der Waals surface area contributed by atoms with Crippen LogP contribution in [0.2, 0.25) is 0 Å². The van der Waals surface area contributed by atoms with Crippen molar-refractivity contribution < 1.29 is 31.3 Å². The normalized spacial score (nSPS) is 12.8. The van der Waals surface area contributed by atoms with E-state index in [0.717, 1.165) is 28.8 Å². The molecule has 0 spiro atoms. The van der Waals surface area contributed by atoms with Gasteiger partial charge in [0.1, 0.15) is 6.04 Å². The second kappa shape index (κ2) is 8.92. The van der Waals surface area contributed by atoms with Crippen LogP contribution in [0.1, 0.15) is 23.6 Å². The Kier molecular flexibility index (Phi) is 6.94. The number of hydrogen-bond acceptors (Lipinski definition) is 5. The number of nitro benzene ring substituents is 1. The largest absolute Gasteiger partial charge is 0.416 e. The van der Waals surface area contributed by atoms with Gasteiger partial charge in [0.05, 0.1) is 22.4 Å². The van der Waals surface area contributed by atoms with Crippen LogP contribution >= 0.6 is 0 Å². The summed E-state index contributed by atoms with van der Waals surface area (Å²) in [5.41, 5.74) is -0.720. The lowest BCUT2D eigenvalue weighted by atomic mass is 10.1. The number of carbonyl (C=O) groups is 1. The summed E-state index contributed by atoms with van der Waals surface area (Å²) in [6.45, 7) is 2.55. The molecule has 8 nitrogen and oxygen atoms in total. The zero-order valence-corrected chi connectivity index (χ0v) is 17.6. The van der Waals surface area contributed by atoms with E-state index in [1.165, 1.54) is 38.1 Å². The highest BCUT2D eigenvalue weighted by Crippen LogP contribution is 2.30. The van der Waals surface area contributed by atoms with E-state index in [1.54, 1.807) is 0 Å². The van der Waals surface area contributed by atoms with Crippen molar-refractivity contribution in [2.45, 2.75) is 32.6 Å². The number of sulfonamides is 1. The van der Waals surface area contributed by atoms with E-state index < -0.39 is 38.6 Å². The molecule has 31 heavy (non-hydrogen) atoms. The van der Waals surface area contributed by atoms with E-state index >= 15 is 0 Å². The third kappa shape index (κ3) is 5.94. The lowest BCUT2D eigenvalue weighted by Crippen LogP contribution is -2.48. The Labute approximate surface area is 176 Å². The molecular formula is C19H20F3N3O5S. The van der Waals surface area contributed by atoms with Crippen LogP contribution in [0.3, 0.4) is 0 Å². The quantitative estimate of drug-likeness (QED) is 0.504. The van der Waals surface area contributed by atoms with E-state index in [9.17, 15) is 36.5 Å². The van der Waals surface area contributed by atoms with Gasteiger partial charge < -0.3 is 5.32 Å². The Hall–Kier alpha value is -3.15. The van der Waals surface area contributed by atoms with Crippen molar-refractivity contribution in [2.75, 3.05) is 10.6 Å². The molecule has 0 aliphatic rings. The minimum Gasteiger partial charge on any atom is -0.350 e. The topological polar surface area (TPSA) is 110 Å². The average molecular weight is 459 g/mol. The molecule has 1 atom stereocenters. The van der Waals surface area contributed by atoms with Crippen molar-refractivity contribution in [3.05, 3.63) is 69.3 Å². The molecule has 0 bridgehead atoms. The number of hydrogen-bond donors (Lipinski definition) is 1. The van der Waals surface area contributed by atoms with Crippen LogP contribution in [0.4, 0.5) is 24.5 Å². The summed E-state index contributed by atoms with van der Waals surface area (Å²) >= 11 is 0. The standard InChI is InChI=1S/C19H20F3N3O5S/c1-12-7-8-16(25(27)28)10-17(12)24(31(3,29)30)13(2)18(26)23-11-14-5-4-6-15(9-14)19(20,21)22/h4-10,13H,11H2,1-3H3,(H,23,26)/t13-/m1/s1. The van der Waals surface area contributed by atoms with Gasteiger partial charge in [0, 0.05) is 18.7 Å². The van der Waals surface area contributed by atoms with E-state index in [-0.39, 0.29) is 23.5 Å². The van der Waals surface area contributed by atoms with Gasteiger partial charge in [0.25, 0.3) is 5.69 Å². The molecule has 2 rings (SSSR count). The smallest absolute Gasteiger partial charge is 0.350 e. The van der Waals surface area contributed by atoms with Gasteiger partial charge in [-0.25, -0.2) is 8.42 Å². The monoisotopic (exact) mass is 459 g/mol. The first-order valence-corrected chi connectivity index (χ1v) is 10.7. The van der Waals surface area contributed by atoms with Crippen LogP contribution in [0, 0.1) is 17.0 Å². The minimum absolute atomic E-state index is 0.0431. The first-order chi connectivity index (χ1) is 14.2. The molecule has 1 amide bonds. The van der Waals surface area contributed by atoms with Gasteiger partial charge in [-0.15, -0.1) is 0 Å². The third-order valence-corrected chi connectivity index (χ3v) is 5.68. The minimum atomic E-state index is -4.54. The number of nitrogens with one attached hydrogen (secondary N) is 1. The predicted molar refractivity (Wildman–Crippen MR) is 108 cm³/mol. The Morgan fingerprint density at radius 3 is 2.42 bits per heavy atom. The summed E-state index contributed by atoms with van der Waals surface area (Å²) in [6.07, 6.45) is -3.69. The van der Waals surface area contributed by atoms with Gasteiger partial charge in [-0.05, 0) is 37.1 Å². The molecule has 0 radical (unpaired) electrons. The van der Waals surface area contributed by atoms with E-state index in [1.807, 2.05) is 0 Å². The highest BCUT2D eigenvalue weighted by molar-refractivity contribution is 7.92. The third-order valence-electron chi connectivity index (χ3n) is 4.45. The van der Waals surface area contributed by atoms with Crippen molar-refractivity contribution in [3.63, 3.8) is 0 Å². The molecule has 0 saturated carbocycles. The molecule has 2 aromatic rings. The molecule has 1 N–H and O–H groups in total. The fraction of sp³-hybridized carbons (Fsp3) is 0.316. The van der Waals surface area contributed by atoms with Crippen molar-refractivity contribution >= 4 is 27.3 Å². The number of non-ortho nitro benzene ring substituents is 1. The first kappa shape index (κ1) is 24.1. The average Bonchev–Trinajstić information content (AvgIpc) is 2.66. The molecule has 2 aromatic carbocycles. The van der Waals surface area contributed by atoms with Crippen molar-refractivity contribution in [1.82, 2.24) is 5.32 Å². The number of rotatable bonds is 7. The molecule has 0 aromatic heterocycles. The molecule has 0 aliphatic carbocycles. The number of benzene rings is 2. The number of alkyl halides is 3. The van der Waals surface area contributed by atoms with Gasteiger partial charge in [-0.1, -0.05) is 18.2 Å². The van der Waals surface area contributed by atoms with Gasteiger partial charge in [-0.3, -0.25) is 19.2 Å². The summed E-state index contributed by atoms with van der Waals surface area (Å²) in [7, 11) is -4.04. The highest BCUT2D eigenvalue weighted by atomic mass is 32.2. The maximum Gasteiger partial charge on any atom is 0.416 e. The van der Waals surface area contributed by atoms with Crippen LogP contribution in [0.25, 0.3) is 0 Å². The maximum absolute atomic E-state index is 12.8. The maximum atomic E-state index is 12.8. The van der Waals surface area contributed by atoms with Crippen LogP contribution in [-0.4, -0.2) is 31.5 Å². The number of anilines is 1. The lowest BCUT2D eigenvalue weighted by Gasteiger charge is -2.29. The van der Waals surface area contributed by atoms with Crippen molar-refractivity contribution in [1.29, 1.82) is 0 Å². The Bertz CT molecular complexity index is 1100. The Morgan fingerprint density at radius 2 is 1.87 bits per heavy atom. The Balaban J connectivity index is 2.29. The fourth-order valence-electron chi connectivity index (χ4n) is 2.92. The summed E-state index contributed by atoms with van der Waals surface area (Å²) in [5, 5.41) is 13.5. The van der Waals surface area contributed by atoms with Crippen LogP contribution in [0.5, 0.6) is 0 Å². The summed E-state index contributed by atoms with van der Waals surface area (Å²) < 4.78 is 64.0. The number of aryl methyl sites for hydroxylation is 1. The number of nitrogens with zero attached hydrogens (tertiary/aromatic N) is 2. The van der Waals surface area contributed by atoms with Gasteiger partial charge >= 0.3 is 6.18 Å². The zero-order valence-electron chi connectivity index (χ0n) is 16.8. The van der Waals surface area contributed by atoms with E-state index in [4.69, 9.17) is 0 Å². The highest BCUT2D eigenvalue weighted by Gasteiger charge is 2.32. The van der Waals surface area contributed by atoms with Gasteiger partial charge in [0.2, 0.25) is 15.9 Å². The second-order valence-electron chi connectivity index (χ2n) is 6.88. The van der Waals surface area contributed by atoms with Gasteiger partial charge in [-0.2, -0.15) is 13.2 Å². The molecule has 12 heteroatoms. The first-order valence-electron chi connectivity index (χ1n) is 8.90. The number of halogens is 3. The molecular weight excluding hydrogens is 439 g/mol. The van der Waals surface area contributed by atoms with Crippen LogP contribution in [0.15, 0.2) is 42.5 Å². The number of amides is 1. The molecule has 0 heterocycles. The van der Waals surface area contributed by atoms with Crippen LogP contribution in [-0.2, 0) is 27.5 Å². The molecule has 0 aliphatic heterocycles. The van der Waals surface area contributed by atoms with Gasteiger partial charge in [0.15, 0.2) is 0 Å². The lowest BCUT2D eigenvalue weighted by molar-refractivity contribution is -0.384. The summed E-state index contributed by atoms with van der Waals surface area (Å²) in [5.74, 6) is -0.784. The Morgan fingerprint density at radius 1 is 1.23 bits per heavy atom. The predicted octanol–water partition coefficient (Wildman–Crippen LogP) is 3.39. The summed E-state index contributed by atoms with van der Waals surface area (Å²) in [6, 6.07) is 6.65. The molecule has 0 fully saturated rings. The molecule has 0 unspecified atom stereocenters. The number of carbonyl (C=O) groups excluding carboxylic acids is 1. The van der Waals surface area contributed by atoms with E-state index in [0.29, 0.717) is 5.56 Å². The van der Waals surface area contributed by atoms with Crippen molar-refractivity contribution in [3.8, 4) is 0 Å². The zero-order chi connectivity index (χ0) is 23.6. The fourth-order valence-corrected chi connectivity index (χ4v) is 4.15. The SMILES string of the molecule is Cc1ccc([N+](=O)[O-])cc1N([C@H](C)C(=O)NCc1cccc(C(F)(F)F)c1)S(C)(=O)=O. The van der Waals surface area contributed by atoms with Crippen molar-refractivity contribution in [2.24, 2.45) is 0 Å². The summed E-state index contributed by atoms with van der Waals surface area (Å²) in [4.78, 5) is 23.0.